The molecule has 2 aromatic carbocycles. The summed E-state index contributed by atoms with van der Waals surface area (Å²) in [7, 11) is 0. The molecule has 7 nitrogen and oxygen atoms in total. The molecule has 0 atom stereocenters. The number of amides is 3. The van der Waals surface area contributed by atoms with Gasteiger partial charge in [-0.2, -0.15) is 0 Å². The molecule has 2 aliphatic carbocycles. The average molecular weight is 462 g/mol. The lowest BCUT2D eigenvalue weighted by Crippen LogP contribution is -2.53. The van der Waals surface area contributed by atoms with Crippen LogP contribution in [0.4, 0.5) is 5.69 Å². The van der Waals surface area contributed by atoms with Crippen LogP contribution in [0.5, 0.6) is 0 Å². The molecule has 1 heterocycles. The maximum Gasteiger partial charge on any atom is 0.254 e. The molecule has 0 radical (unpaired) electrons. The Morgan fingerprint density at radius 2 is 1.56 bits per heavy atom. The van der Waals surface area contributed by atoms with Gasteiger partial charge in [-0.1, -0.05) is 31.2 Å². The summed E-state index contributed by atoms with van der Waals surface area (Å²) in [4.78, 5) is 41.1. The van der Waals surface area contributed by atoms with Gasteiger partial charge in [-0.3, -0.25) is 14.4 Å². The van der Waals surface area contributed by atoms with Gasteiger partial charge in [-0.05, 0) is 67.0 Å². The summed E-state index contributed by atoms with van der Waals surface area (Å²) < 4.78 is 0. The third-order valence-corrected chi connectivity index (χ3v) is 7.32. The predicted octanol–water partition coefficient (Wildman–Crippen LogP) is 3.15. The number of carbonyl (C=O) groups is 3. The SMILES string of the molecule is CC1CC(C(=O)Nc2cccc(-c3ccc(C(=O)N4CCN(C(=O)C5(O)CC5)CC4)cc3)c2)C1. The second kappa shape index (κ2) is 8.87. The van der Waals surface area contributed by atoms with E-state index in [1.165, 1.54) is 0 Å². The van der Waals surface area contributed by atoms with Crippen LogP contribution in [0.2, 0.25) is 0 Å². The molecule has 3 aliphatic rings. The minimum Gasteiger partial charge on any atom is -0.380 e. The van der Waals surface area contributed by atoms with Crippen LogP contribution in [0, 0.1) is 11.8 Å². The first-order valence-corrected chi connectivity index (χ1v) is 12.1. The van der Waals surface area contributed by atoms with Crippen molar-refractivity contribution in [2.45, 2.75) is 38.2 Å². The molecule has 0 unspecified atom stereocenters. The van der Waals surface area contributed by atoms with Crippen LogP contribution in [0.15, 0.2) is 48.5 Å². The smallest absolute Gasteiger partial charge is 0.254 e. The minimum absolute atomic E-state index is 0.0560. The van der Waals surface area contributed by atoms with Crippen LogP contribution < -0.4 is 5.32 Å². The molecule has 3 amide bonds. The highest BCUT2D eigenvalue weighted by atomic mass is 16.3. The van der Waals surface area contributed by atoms with Gasteiger partial charge in [0.1, 0.15) is 5.60 Å². The van der Waals surface area contributed by atoms with Crippen molar-refractivity contribution in [2.75, 3.05) is 31.5 Å². The van der Waals surface area contributed by atoms with Gasteiger partial charge >= 0.3 is 0 Å². The normalized spacial score (nSPS) is 23.1. The number of benzene rings is 2. The number of carbonyl (C=O) groups excluding carboxylic acids is 3. The van der Waals surface area contributed by atoms with E-state index in [1.807, 2.05) is 48.5 Å². The van der Waals surface area contributed by atoms with E-state index in [4.69, 9.17) is 0 Å². The Morgan fingerprint density at radius 3 is 2.18 bits per heavy atom. The van der Waals surface area contributed by atoms with Crippen molar-refractivity contribution >= 4 is 23.4 Å². The molecule has 1 saturated heterocycles. The zero-order valence-corrected chi connectivity index (χ0v) is 19.5. The summed E-state index contributed by atoms with van der Waals surface area (Å²) in [6, 6.07) is 15.3. The Labute approximate surface area is 199 Å². The number of piperazine rings is 1. The van der Waals surface area contributed by atoms with E-state index in [1.54, 1.807) is 9.80 Å². The fraction of sp³-hybridized carbons (Fsp3) is 0.444. The summed E-state index contributed by atoms with van der Waals surface area (Å²) in [5.74, 6) is 0.570. The van der Waals surface area contributed by atoms with E-state index < -0.39 is 5.60 Å². The molecular formula is C27H31N3O4. The lowest BCUT2D eigenvalue weighted by atomic mass is 9.75. The fourth-order valence-electron chi connectivity index (χ4n) is 4.86. The third kappa shape index (κ3) is 4.57. The molecule has 2 saturated carbocycles. The number of rotatable bonds is 5. The zero-order valence-electron chi connectivity index (χ0n) is 19.5. The van der Waals surface area contributed by atoms with E-state index in [0.717, 1.165) is 29.7 Å². The van der Waals surface area contributed by atoms with Gasteiger partial charge in [0.25, 0.3) is 11.8 Å². The Bertz CT molecular complexity index is 1100. The van der Waals surface area contributed by atoms with Crippen molar-refractivity contribution in [3.8, 4) is 11.1 Å². The predicted molar refractivity (Wildman–Crippen MR) is 129 cm³/mol. The second-order valence-corrected chi connectivity index (χ2v) is 10.0. The Hall–Kier alpha value is -3.19. The van der Waals surface area contributed by atoms with E-state index in [2.05, 4.69) is 12.2 Å². The Kier molecular flexibility index (Phi) is 5.90. The number of anilines is 1. The van der Waals surface area contributed by atoms with Crippen molar-refractivity contribution in [1.29, 1.82) is 0 Å². The Balaban J connectivity index is 1.19. The lowest BCUT2D eigenvalue weighted by molar-refractivity contribution is -0.143. The van der Waals surface area contributed by atoms with Crippen LogP contribution in [-0.4, -0.2) is 64.4 Å². The van der Waals surface area contributed by atoms with Crippen LogP contribution >= 0.6 is 0 Å². The molecule has 178 valence electrons. The Morgan fingerprint density at radius 1 is 0.912 bits per heavy atom. The summed E-state index contributed by atoms with van der Waals surface area (Å²) in [6.45, 7) is 3.99. The first-order chi connectivity index (χ1) is 16.3. The number of hydrogen-bond donors (Lipinski definition) is 2. The molecule has 7 heteroatoms. The molecule has 3 fully saturated rings. The maximum atomic E-state index is 13.0. The van der Waals surface area contributed by atoms with Gasteiger partial charge in [0.2, 0.25) is 5.91 Å². The summed E-state index contributed by atoms with van der Waals surface area (Å²) >= 11 is 0. The van der Waals surface area contributed by atoms with Gasteiger partial charge < -0.3 is 20.2 Å². The van der Waals surface area contributed by atoms with Crippen molar-refractivity contribution in [3.05, 3.63) is 54.1 Å². The van der Waals surface area contributed by atoms with Crippen molar-refractivity contribution in [3.63, 3.8) is 0 Å². The van der Waals surface area contributed by atoms with Crippen molar-refractivity contribution < 1.29 is 19.5 Å². The highest BCUT2D eigenvalue weighted by molar-refractivity contribution is 5.96. The quantitative estimate of drug-likeness (QED) is 0.716. The third-order valence-electron chi connectivity index (χ3n) is 7.32. The molecule has 0 spiro atoms. The highest BCUT2D eigenvalue weighted by Crippen LogP contribution is 2.37. The molecule has 1 aliphatic heterocycles. The molecule has 2 aromatic rings. The van der Waals surface area contributed by atoms with Gasteiger partial charge in [-0.15, -0.1) is 0 Å². The maximum absolute atomic E-state index is 13.0. The van der Waals surface area contributed by atoms with Gasteiger partial charge in [0.15, 0.2) is 0 Å². The number of aliphatic hydroxyl groups is 1. The number of hydrogen-bond acceptors (Lipinski definition) is 4. The summed E-state index contributed by atoms with van der Waals surface area (Å²) in [5, 5.41) is 13.1. The van der Waals surface area contributed by atoms with E-state index >= 15 is 0 Å². The summed E-state index contributed by atoms with van der Waals surface area (Å²) in [6.07, 6.45) is 2.97. The van der Waals surface area contributed by atoms with Crippen molar-refractivity contribution in [2.24, 2.45) is 11.8 Å². The van der Waals surface area contributed by atoms with E-state index in [9.17, 15) is 19.5 Å². The van der Waals surface area contributed by atoms with Gasteiger partial charge in [0, 0.05) is 43.3 Å². The lowest BCUT2D eigenvalue weighted by Gasteiger charge is -2.35. The number of nitrogens with zero attached hydrogens (tertiary/aromatic N) is 2. The largest absolute Gasteiger partial charge is 0.380 e. The first-order valence-electron chi connectivity index (χ1n) is 12.1. The standard InChI is InChI=1S/C27H31N3O4/c1-18-15-22(16-18)24(31)28-23-4-2-3-21(17-23)19-5-7-20(8-6-19)25(32)29-11-13-30(14-12-29)26(33)27(34)9-10-27/h2-8,17-18,22,34H,9-16H2,1H3,(H,28,31). The first kappa shape index (κ1) is 22.6. The monoisotopic (exact) mass is 461 g/mol. The molecule has 34 heavy (non-hydrogen) atoms. The van der Waals surface area contributed by atoms with Gasteiger partial charge in [-0.25, -0.2) is 0 Å². The molecule has 5 rings (SSSR count). The van der Waals surface area contributed by atoms with Crippen LogP contribution in [0.25, 0.3) is 11.1 Å². The fourth-order valence-corrected chi connectivity index (χ4v) is 4.86. The van der Waals surface area contributed by atoms with Crippen LogP contribution in [-0.2, 0) is 9.59 Å². The van der Waals surface area contributed by atoms with Gasteiger partial charge in [0.05, 0.1) is 0 Å². The minimum atomic E-state index is -1.15. The summed E-state index contributed by atoms with van der Waals surface area (Å²) in [5.41, 5.74) is 2.18. The van der Waals surface area contributed by atoms with E-state index in [0.29, 0.717) is 50.5 Å². The highest BCUT2D eigenvalue weighted by Gasteiger charge is 2.50. The average Bonchev–Trinajstić information content (AvgIpc) is 3.60. The number of nitrogens with one attached hydrogen (secondary N) is 1. The van der Waals surface area contributed by atoms with Crippen LogP contribution in [0.1, 0.15) is 43.0 Å². The van der Waals surface area contributed by atoms with Crippen LogP contribution in [0.3, 0.4) is 0 Å². The molecule has 0 bridgehead atoms. The molecule has 0 aromatic heterocycles. The molecular weight excluding hydrogens is 430 g/mol. The topological polar surface area (TPSA) is 90.0 Å². The van der Waals surface area contributed by atoms with E-state index in [-0.39, 0.29) is 23.6 Å². The molecule has 2 N–H and O–H groups in total. The second-order valence-electron chi connectivity index (χ2n) is 10.0. The zero-order chi connectivity index (χ0) is 23.9. The van der Waals surface area contributed by atoms with Crippen molar-refractivity contribution in [1.82, 2.24) is 9.80 Å².